The van der Waals surface area contributed by atoms with Crippen LogP contribution >= 0.6 is 0 Å². The predicted molar refractivity (Wildman–Crippen MR) is 58.2 cm³/mol. The molecule has 0 unspecified atom stereocenters. The maximum absolute atomic E-state index is 10.9. The standard InChI is InChI=1S/C10H11N5O/c1-7-3-4-9(12-8(2)16)5-10(7)15-6-11-13-14-15/h3-6H,1-2H3,(H,12,16). The Morgan fingerprint density at radius 3 is 2.88 bits per heavy atom. The summed E-state index contributed by atoms with van der Waals surface area (Å²) in [6, 6.07) is 5.57. The van der Waals surface area contributed by atoms with Crippen LogP contribution < -0.4 is 5.32 Å². The molecule has 16 heavy (non-hydrogen) atoms. The van der Waals surface area contributed by atoms with Crippen LogP contribution in [0.4, 0.5) is 5.69 Å². The third-order valence-electron chi connectivity index (χ3n) is 2.13. The lowest BCUT2D eigenvalue weighted by molar-refractivity contribution is -0.114. The number of rotatable bonds is 2. The van der Waals surface area contributed by atoms with Gasteiger partial charge in [0.25, 0.3) is 0 Å². The van der Waals surface area contributed by atoms with E-state index in [1.165, 1.54) is 13.3 Å². The minimum atomic E-state index is -0.105. The summed E-state index contributed by atoms with van der Waals surface area (Å²) in [6.07, 6.45) is 1.51. The second-order valence-electron chi connectivity index (χ2n) is 3.44. The van der Waals surface area contributed by atoms with Crippen LogP contribution in [-0.2, 0) is 4.79 Å². The summed E-state index contributed by atoms with van der Waals surface area (Å²) in [5.74, 6) is -0.105. The second kappa shape index (κ2) is 4.09. The van der Waals surface area contributed by atoms with Crippen LogP contribution in [0.25, 0.3) is 5.69 Å². The maximum atomic E-state index is 10.9. The third kappa shape index (κ3) is 2.05. The number of hydrogen-bond donors (Lipinski definition) is 1. The zero-order chi connectivity index (χ0) is 11.5. The first kappa shape index (κ1) is 10.3. The number of aromatic nitrogens is 4. The minimum Gasteiger partial charge on any atom is -0.326 e. The molecule has 0 atom stereocenters. The highest BCUT2D eigenvalue weighted by atomic mass is 16.1. The number of hydrogen-bond acceptors (Lipinski definition) is 4. The van der Waals surface area contributed by atoms with E-state index in [0.29, 0.717) is 0 Å². The molecular weight excluding hydrogens is 206 g/mol. The molecule has 6 heteroatoms. The van der Waals surface area contributed by atoms with E-state index in [2.05, 4.69) is 20.8 Å². The average molecular weight is 217 g/mol. The smallest absolute Gasteiger partial charge is 0.221 e. The van der Waals surface area contributed by atoms with E-state index in [1.807, 2.05) is 25.1 Å². The Morgan fingerprint density at radius 2 is 2.25 bits per heavy atom. The van der Waals surface area contributed by atoms with Gasteiger partial charge in [-0.2, -0.15) is 0 Å². The summed E-state index contributed by atoms with van der Waals surface area (Å²) >= 11 is 0. The number of carbonyl (C=O) groups excluding carboxylic acids is 1. The van der Waals surface area contributed by atoms with Gasteiger partial charge in [0.1, 0.15) is 6.33 Å². The van der Waals surface area contributed by atoms with Gasteiger partial charge in [-0.25, -0.2) is 4.68 Å². The summed E-state index contributed by atoms with van der Waals surface area (Å²) in [5, 5.41) is 13.7. The SMILES string of the molecule is CC(=O)Nc1ccc(C)c(-n2cnnn2)c1. The van der Waals surface area contributed by atoms with Crippen molar-refractivity contribution in [1.82, 2.24) is 20.2 Å². The minimum absolute atomic E-state index is 0.105. The Labute approximate surface area is 92.3 Å². The first-order chi connectivity index (χ1) is 7.66. The van der Waals surface area contributed by atoms with Crippen LogP contribution in [0.1, 0.15) is 12.5 Å². The topological polar surface area (TPSA) is 72.7 Å². The Kier molecular flexibility index (Phi) is 2.63. The molecule has 1 aromatic carbocycles. The van der Waals surface area contributed by atoms with Crippen molar-refractivity contribution < 1.29 is 4.79 Å². The average Bonchev–Trinajstić information content (AvgIpc) is 2.73. The van der Waals surface area contributed by atoms with E-state index >= 15 is 0 Å². The third-order valence-corrected chi connectivity index (χ3v) is 2.13. The quantitative estimate of drug-likeness (QED) is 0.812. The molecule has 2 rings (SSSR count). The van der Waals surface area contributed by atoms with Gasteiger partial charge in [-0.3, -0.25) is 4.79 Å². The van der Waals surface area contributed by atoms with Crippen LogP contribution in [0.2, 0.25) is 0 Å². The van der Waals surface area contributed by atoms with Crippen LogP contribution in [0, 0.1) is 6.92 Å². The predicted octanol–water partition coefficient (Wildman–Crippen LogP) is 0.929. The molecule has 0 radical (unpaired) electrons. The van der Waals surface area contributed by atoms with Crippen molar-refractivity contribution in [3.05, 3.63) is 30.1 Å². The molecule has 0 saturated heterocycles. The van der Waals surface area contributed by atoms with Crippen molar-refractivity contribution in [3.63, 3.8) is 0 Å². The van der Waals surface area contributed by atoms with Gasteiger partial charge in [0.2, 0.25) is 5.91 Å². The maximum Gasteiger partial charge on any atom is 0.221 e. The Bertz CT molecular complexity index is 506. The first-order valence-electron chi connectivity index (χ1n) is 4.78. The second-order valence-corrected chi connectivity index (χ2v) is 3.44. The van der Waals surface area contributed by atoms with E-state index in [4.69, 9.17) is 0 Å². The molecule has 82 valence electrons. The molecule has 6 nitrogen and oxygen atoms in total. The molecule has 1 aromatic heterocycles. The molecule has 0 bridgehead atoms. The van der Waals surface area contributed by atoms with Gasteiger partial charge in [0, 0.05) is 12.6 Å². The van der Waals surface area contributed by atoms with Gasteiger partial charge in [-0.15, -0.1) is 5.10 Å². The van der Waals surface area contributed by atoms with Crippen molar-refractivity contribution in [2.45, 2.75) is 13.8 Å². The fourth-order valence-electron chi connectivity index (χ4n) is 1.41. The molecule has 0 fully saturated rings. The van der Waals surface area contributed by atoms with Crippen molar-refractivity contribution >= 4 is 11.6 Å². The Morgan fingerprint density at radius 1 is 1.44 bits per heavy atom. The normalized spacial score (nSPS) is 10.1. The zero-order valence-corrected chi connectivity index (χ0v) is 9.01. The molecule has 1 heterocycles. The van der Waals surface area contributed by atoms with Gasteiger partial charge in [0.15, 0.2) is 0 Å². The molecule has 0 spiro atoms. The number of nitrogens with zero attached hydrogens (tertiary/aromatic N) is 4. The molecule has 0 saturated carbocycles. The molecule has 0 aliphatic rings. The first-order valence-corrected chi connectivity index (χ1v) is 4.78. The molecular formula is C10H11N5O. The number of amides is 1. The van der Waals surface area contributed by atoms with Crippen LogP contribution in [0.15, 0.2) is 24.5 Å². The lowest BCUT2D eigenvalue weighted by Crippen LogP contribution is -2.07. The van der Waals surface area contributed by atoms with Crippen LogP contribution in [0.5, 0.6) is 0 Å². The summed E-state index contributed by atoms with van der Waals surface area (Å²) in [4.78, 5) is 10.9. The van der Waals surface area contributed by atoms with Crippen LogP contribution in [-0.4, -0.2) is 26.1 Å². The Balaban J connectivity index is 2.41. The van der Waals surface area contributed by atoms with Crippen molar-refractivity contribution in [2.24, 2.45) is 0 Å². The van der Waals surface area contributed by atoms with Gasteiger partial charge in [-0.05, 0) is 35.0 Å². The molecule has 1 amide bonds. The van der Waals surface area contributed by atoms with Crippen molar-refractivity contribution in [3.8, 4) is 5.69 Å². The highest BCUT2D eigenvalue weighted by Crippen LogP contribution is 2.17. The van der Waals surface area contributed by atoms with Crippen molar-refractivity contribution in [2.75, 3.05) is 5.32 Å². The summed E-state index contributed by atoms with van der Waals surface area (Å²) < 4.78 is 1.56. The van der Waals surface area contributed by atoms with Gasteiger partial charge in [0.05, 0.1) is 5.69 Å². The lowest BCUT2D eigenvalue weighted by Gasteiger charge is -2.07. The summed E-state index contributed by atoms with van der Waals surface area (Å²) in [7, 11) is 0. The fraction of sp³-hybridized carbons (Fsp3) is 0.200. The molecule has 2 aromatic rings. The summed E-state index contributed by atoms with van der Waals surface area (Å²) in [5.41, 5.74) is 2.60. The Hall–Kier alpha value is -2.24. The highest BCUT2D eigenvalue weighted by Gasteiger charge is 2.04. The monoisotopic (exact) mass is 217 g/mol. The van der Waals surface area contributed by atoms with E-state index in [-0.39, 0.29) is 5.91 Å². The largest absolute Gasteiger partial charge is 0.326 e. The number of anilines is 1. The number of carbonyl (C=O) groups is 1. The van der Waals surface area contributed by atoms with E-state index in [9.17, 15) is 4.79 Å². The van der Waals surface area contributed by atoms with Gasteiger partial charge >= 0.3 is 0 Å². The van der Waals surface area contributed by atoms with E-state index in [1.54, 1.807) is 4.68 Å². The van der Waals surface area contributed by atoms with Gasteiger partial charge < -0.3 is 5.32 Å². The van der Waals surface area contributed by atoms with E-state index in [0.717, 1.165) is 16.9 Å². The fourth-order valence-corrected chi connectivity index (χ4v) is 1.41. The van der Waals surface area contributed by atoms with Gasteiger partial charge in [-0.1, -0.05) is 6.07 Å². The molecule has 1 N–H and O–H groups in total. The molecule has 0 aliphatic heterocycles. The summed E-state index contributed by atoms with van der Waals surface area (Å²) in [6.45, 7) is 3.42. The number of nitrogens with one attached hydrogen (secondary N) is 1. The zero-order valence-electron chi connectivity index (χ0n) is 9.01. The van der Waals surface area contributed by atoms with Crippen LogP contribution in [0.3, 0.4) is 0 Å². The number of benzene rings is 1. The lowest BCUT2D eigenvalue weighted by atomic mass is 10.2. The highest BCUT2D eigenvalue weighted by molar-refractivity contribution is 5.89. The number of tetrazole rings is 1. The molecule has 0 aliphatic carbocycles. The van der Waals surface area contributed by atoms with E-state index < -0.39 is 0 Å². The number of aryl methyl sites for hydroxylation is 1. The van der Waals surface area contributed by atoms with Crippen molar-refractivity contribution in [1.29, 1.82) is 0 Å².